The average Bonchev–Trinajstić information content (AvgIpc) is 2.84. The average molecular weight is 576 g/mol. The van der Waals surface area contributed by atoms with Crippen LogP contribution in [0, 0.1) is 5.92 Å². The van der Waals surface area contributed by atoms with Gasteiger partial charge in [0.05, 0.1) is 17.2 Å². The summed E-state index contributed by atoms with van der Waals surface area (Å²) in [5.74, 6) is -0.895. The van der Waals surface area contributed by atoms with Crippen LogP contribution in [0.3, 0.4) is 0 Å². The molecule has 206 valence electrons. The summed E-state index contributed by atoms with van der Waals surface area (Å²) in [5.41, 5.74) is 1.30. The minimum atomic E-state index is -5.08. The number of benzene rings is 2. The molecule has 0 bridgehead atoms. The lowest BCUT2D eigenvalue weighted by Gasteiger charge is -2.16. The SMILES string of the molecule is CNS(=O)(=O)c1ccc(OCC(C)C)c(Nc2cc(Nc3ccc(Cl)cc3)ncn2)c1.O=C(O)C(F)(F)F. The molecule has 3 aromatic rings. The number of hydrogen-bond acceptors (Lipinski definition) is 8. The molecule has 2 aromatic carbocycles. The summed E-state index contributed by atoms with van der Waals surface area (Å²) in [7, 11) is -2.25. The van der Waals surface area contributed by atoms with Gasteiger partial charge >= 0.3 is 12.1 Å². The predicted molar refractivity (Wildman–Crippen MR) is 137 cm³/mol. The Morgan fingerprint density at radius 3 is 2.16 bits per heavy atom. The van der Waals surface area contributed by atoms with Crippen LogP contribution in [0.5, 0.6) is 5.75 Å². The number of carbonyl (C=O) groups is 1. The van der Waals surface area contributed by atoms with Gasteiger partial charge in [-0.3, -0.25) is 0 Å². The first-order chi connectivity index (χ1) is 17.7. The van der Waals surface area contributed by atoms with Gasteiger partial charge in [0.2, 0.25) is 10.0 Å². The number of carboxylic acid groups (broad SMARTS) is 1. The first-order valence-corrected chi connectivity index (χ1v) is 12.7. The number of rotatable bonds is 9. The molecule has 1 aromatic heterocycles. The smallest absolute Gasteiger partial charge is 0.490 e. The number of alkyl halides is 3. The van der Waals surface area contributed by atoms with Gasteiger partial charge in [0, 0.05) is 16.8 Å². The minimum absolute atomic E-state index is 0.114. The van der Waals surface area contributed by atoms with Gasteiger partial charge in [-0.2, -0.15) is 13.2 Å². The van der Waals surface area contributed by atoms with Crippen molar-refractivity contribution >= 4 is 50.6 Å². The van der Waals surface area contributed by atoms with Crippen molar-refractivity contribution < 1.29 is 36.2 Å². The second-order valence-electron chi connectivity index (χ2n) is 7.92. The molecule has 0 spiro atoms. The summed E-state index contributed by atoms with van der Waals surface area (Å²) in [4.78, 5) is 17.5. The highest BCUT2D eigenvalue weighted by molar-refractivity contribution is 7.89. The number of carboxylic acids is 1. The zero-order chi connectivity index (χ0) is 28.5. The van der Waals surface area contributed by atoms with Gasteiger partial charge in [-0.05, 0) is 55.4 Å². The quantitative estimate of drug-likeness (QED) is 0.271. The molecule has 0 aliphatic rings. The largest absolute Gasteiger partial charge is 0.491 e. The number of aromatic nitrogens is 2. The number of sulfonamides is 1. The molecule has 0 unspecified atom stereocenters. The monoisotopic (exact) mass is 575 g/mol. The molecule has 0 amide bonds. The predicted octanol–water partition coefficient (Wildman–Crippen LogP) is 5.19. The summed E-state index contributed by atoms with van der Waals surface area (Å²) in [6.45, 7) is 4.55. The van der Waals surface area contributed by atoms with Crippen LogP contribution in [0.2, 0.25) is 5.02 Å². The normalized spacial score (nSPS) is 11.4. The van der Waals surface area contributed by atoms with E-state index >= 15 is 0 Å². The number of ether oxygens (including phenoxy) is 1. The van der Waals surface area contributed by atoms with E-state index in [9.17, 15) is 21.6 Å². The number of nitrogens with zero attached hydrogens (tertiary/aromatic N) is 2. The van der Waals surface area contributed by atoms with E-state index in [1.807, 2.05) is 26.0 Å². The van der Waals surface area contributed by atoms with Crippen LogP contribution in [-0.4, -0.2) is 49.3 Å². The fourth-order valence-corrected chi connectivity index (χ4v) is 3.47. The van der Waals surface area contributed by atoms with Crippen LogP contribution in [-0.2, 0) is 14.8 Å². The van der Waals surface area contributed by atoms with Gasteiger partial charge in [-0.1, -0.05) is 25.4 Å². The van der Waals surface area contributed by atoms with E-state index in [0.717, 1.165) is 5.69 Å². The van der Waals surface area contributed by atoms with E-state index < -0.39 is 22.2 Å². The molecular weight excluding hydrogens is 551 g/mol. The Kier molecular flexibility index (Phi) is 10.7. The van der Waals surface area contributed by atoms with Crippen molar-refractivity contribution in [3.8, 4) is 5.75 Å². The number of anilines is 4. The highest BCUT2D eigenvalue weighted by Crippen LogP contribution is 2.31. The third kappa shape index (κ3) is 9.68. The van der Waals surface area contributed by atoms with Crippen molar-refractivity contribution in [1.29, 1.82) is 0 Å². The van der Waals surface area contributed by atoms with Gasteiger partial charge in [0.1, 0.15) is 23.7 Å². The molecule has 0 saturated carbocycles. The minimum Gasteiger partial charge on any atom is -0.491 e. The molecule has 0 atom stereocenters. The molecule has 0 aliphatic carbocycles. The number of aliphatic carboxylic acids is 1. The van der Waals surface area contributed by atoms with Crippen molar-refractivity contribution in [2.24, 2.45) is 5.92 Å². The molecule has 1 heterocycles. The van der Waals surface area contributed by atoms with Gasteiger partial charge in [-0.15, -0.1) is 0 Å². The van der Waals surface area contributed by atoms with Crippen LogP contribution < -0.4 is 20.1 Å². The van der Waals surface area contributed by atoms with Crippen LogP contribution in [0.4, 0.5) is 36.2 Å². The van der Waals surface area contributed by atoms with Crippen molar-refractivity contribution in [3.63, 3.8) is 0 Å². The van der Waals surface area contributed by atoms with E-state index in [1.165, 1.54) is 25.5 Å². The molecule has 3 rings (SSSR count). The lowest BCUT2D eigenvalue weighted by molar-refractivity contribution is -0.192. The highest BCUT2D eigenvalue weighted by atomic mass is 35.5. The Labute approximate surface area is 222 Å². The lowest BCUT2D eigenvalue weighted by Crippen LogP contribution is -2.21. The Balaban J connectivity index is 0.000000638. The fraction of sp³-hybridized carbons (Fsp3) is 0.261. The molecule has 38 heavy (non-hydrogen) atoms. The third-order valence-corrected chi connectivity index (χ3v) is 6.06. The maximum atomic E-state index is 12.2. The summed E-state index contributed by atoms with van der Waals surface area (Å²) in [5, 5.41) is 14.1. The number of nitrogens with one attached hydrogen (secondary N) is 3. The van der Waals surface area contributed by atoms with Crippen LogP contribution in [0.1, 0.15) is 13.8 Å². The third-order valence-electron chi connectivity index (χ3n) is 4.39. The Hall–Kier alpha value is -3.62. The van der Waals surface area contributed by atoms with E-state index in [0.29, 0.717) is 40.6 Å². The second kappa shape index (κ2) is 13.3. The van der Waals surface area contributed by atoms with Crippen LogP contribution >= 0.6 is 11.6 Å². The molecule has 0 aliphatic heterocycles. The standard InChI is InChI=1S/C21H24ClN5O3S.C2HF3O2/c1-14(2)12-30-19-9-8-17(31(28,29)23-3)10-18(19)27-21-11-20(24-13-25-21)26-16-6-4-15(22)5-7-16;3-2(4,5)1(6)7/h4-11,13-14,23H,12H2,1-3H3,(H2,24,25,26,27);(H,6,7). The van der Waals surface area contributed by atoms with E-state index in [-0.39, 0.29) is 4.90 Å². The molecule has 15 heteroatoms. The summed E-state index contributed by atoms with van der Waals surface area (Å²) in [6.07, 6.45) is -3.68. The number of halogens is 4. The van der Waals surface area contributed by atoms with Crippen molar-refractivity contribution in [3.05, 3.63) is 59.9 Å². The number of hydrogen-bond donors (Lipinski definition) is 4. The van der Waals surface area contributed by atoms with Crippen molar-refractivity contribution in [2.45, 2.75) is 24.9 Å². The van der Waals surface area contributed by atoms with Crippen molar-refractivity contribution in [1.82, 2.24) is 14.7 Å². The lowest BCUT2D eigenvalue weighted by atomic mass is 10.2. The van der Waals surface area contributed by atoms with E-state index in [2.05, 4.69) is 25.3 Å². The molecule has 0 radical (unpaired) electrons. The maximum Gasteiger partial charge on any atom is 0.490 e. The topological polar surface area (TPSA) is 143 Å². The molecule has 10 nitrogen and oxygen atoms in total. The molecule has 0 saturated heterocycles. The van der Waals surface area contributed by atoms with Gasteiger partial charge in [-0.25, -0.2) is 27.9 Å². The summed E-state index contributed by atoms with van der Waals surface area (Å²) >= 11 is 5.92. The maximum absolute atomic E-state index is 12.2. The van der Waals surface area contributed by atoms with Crippen LogP contribution in [0.25, 0.3) is 0 Å². The summed E-state index contributed by atoms with van der Waals surface area (Å²) in [6, 6.07) is 13.6. The van der Waals surface area contributed by atoms with Gasteiger partial charge < -0.3 is 20.5 Å². The van der Waals surface area contributed by atoms with Crippen molar-refractivity contribution in [2.75, 3.05) is 24.3 Å². The molecular formula is C23H25ClF3N5O5S. The zero-order valence-electron chi connectivity index (χ0n) is 20.4. The molecule has 4 N–H and O–H groups in total. The molecule has 0 fully saturated rings. The highest BCUT2D eigenvalue weighted by Gasteiger charge is 2.38. The zero-order valence-corrected chi connectivity index (χ0v) is 21.9. The summed E-state index contributed by atoms with van der Waals surface area (Å²) < 4.78 is 64.4. The van der Waals surface area contributed by atoms with Crippen LogP contribution in [0.15, 0.2) is 59.8 Å². The van der Waals surface area contributed by atoms with E-state index in [4.69, 9.17) is 26.2 Å². The fourth-order valence-electron chi connectivity index (χ4n) is 2.59. The van der Waals surface area contributed by atoms with E-state index in [1.54, 1.807) is 24.3 Å². The first-order valence-electron chi connectivity index (χ1n) is 10.8. The Morgan fingerprint density at radius 1 is 1.05 bits per heavy atom. The first kappa shape index (κ1) is 30.6. The Morgan fingerprint density at radius 2 is 1.63 bits per heavy atom. The van der Waals surface area contributed by atoms with Gasteiger partial charge in [0.25, 0.3) is 0 Å². The second-order valence-corrected chi connectivity index (χ2v) is 10.2. The Bertz CT molecular complexity index is 1340. The van der Waals surface area contributed by atoms with Gasteiger partial charge in [0.15, 0.2) is 0 Å².